The summed E-state index contributed by atoms with van der Waals surface area (Å²) >= 11 is 3.38. The standard InChI is InChI=1S/C20H28BrN3O3/c1-20(2,3)27-19(26)24-15-6-7-16(24)9-13(8-15)18(25)23-11-12-4-5-14(21)10-17(12)22/h4-5,10,13,15-16H,6-9,11,22H2,1-3H3,(H,23,25). The molecule has 2 saturated heterocycles. The van der Waals surface area contributed by atoms with Crippen molar-refractivity contribution in [3.8, 4) is 0 Å². The lowest BCUT2D eigenvalue weighted by atomic mass is 9.90. The fraction of sp³-hybridized carbons (Fsp3) is 0.600. The number of halogens is 1. The Labute approximate surface area is 168 Å². The first kappa shape index (κ1) is 20.0. The Kier molecular flexibility index (Phi) is 5.70. The van der Waals surface area contributed by atoms with Crippen molar-refractivity contribution in [2.24, 2.45) is 5.92 Å². The Hall–Kier alpha value is -1.76. The van der Waals surface area contributed by atoms with Crippen LogP contribution >= 0.6 is 15.9 Å². The number of rotatable bonds is 3. The molecule has 2 amide bonds. The zero-order chi connectivity index (χ0) is 19.8. The van der Waals surface area contributed by atoms with E-state index in [9.17, 15) is 9.59 Å². The van der Waals surface area contributed by atoms with Crippen LogP contribution in [0.4, 0.5) is 10.5 Å². The van der Waals surface area contributed by atoms with Gasteiger partial charge in [0.05, 0.1) is 0 Å². The third-order valence-electron chi connectivity index (χ3n) is 5.27. The molecule has 1 aromatic carbocycles. The second-order valence-electron chi connectivity index (χ2n) is 8.50. The zero-order valence-electron chi connectivity index (χ0n) is 16.1. The number of ether oxygens (including phenoxy) is 1. The van der Waals surface area contributed by atoms with Gasteiger partial charge in [-0.15, -0.1) is 0 Å². The van der Waals surface area contributed by atoms with Gasteiger partial charge in [0.15, 0.2) is 0 Å². The topological polar surface area (TPSA) is 84.7 Å². The van der Waals surface area contributed by atoms with Crippen molar-refractivity contribution in [2.75, 3.05) is 5.73 Å². The number of carbonyl (C=O) groups is 2. The molecule has 2 fully saturated rings. The summed E-state index contributed by atoms with van der Waals surface area (Å²) in [5, 5.41) is 3.01. The van der Waals surface area contributed by atoms with Crippen LogP contribution in [-0.2, 0) is 16.1 Å². The molecule has 0 aliphatic carbocycles. The molecule has 0 saturated carbocycles. The van der Waals surface area contributed by atoms with Crippen LogP contribution in [0.25, 0.3) is 0 Å². The lowest BCUT2D eigenvalue weighted by Gasteiger charge is -2.39. The van der Waals surface area contributed by atoms with Crippen molar-refractivity contribution >= 4 is 33.6 Å². The minimum Gasteiger partial charge on any atom is -0.444 e. The van der Waals surface area contributed by atoms with Gasteiger partial charge in [-0.05, 0) is 64.2 Å². The van der Waals surface area contributed by atoms with Gasteiger partial charge in [0, 0.05) is 34.7 Å². The Morgan fingerprint density at radius 1 is 1.26 bits per heavy atom. The molecule has 3 rings (SSSR count). The van der Waals surface area contributed by atoms with Gasteiger partial charge in [-0.2, -0.15) is 0 Å². The number of nitrogen functional groups attached to an aromatic ring is 1. The summed E-state index contributed by atoms with van der Waals surface area (Å²) in [5.41, 5.74) is 7.06. The summed E-state index contributed by atoms with van der Waals surface area (Å²) < 4.78 is 6.47. The number of amides is 2. The summed E-state index contributed by atoms with van der Waals surface area (Å²) in [6.45, 7) is 6.04. The van der Waals surface area contributed by atoms with E-state index in [1.165, 1.54) is 0 Å². The van der Waals surface area contributed by atoms with Crippen LogP contribution in [0.3, 0.4) is 0 Å². The first-order valence-corrected chi connectivity index (χ1v) is 10.3. The molecular weight excluding hydrogens is 410 g/mol. The van der Waals surface area contributed by atoms with Crippen molar-refractivity contribution in [3.05, 3.63) is 28.2 Å². The van der Waals surface area contributed by atoms with E-state index in [2.05, 4.69) is 21.2 Å². The van der Waals surface area contributed by atoms with Crippen LogP contribution in [0.1, 0.15) is 52.0 Å². The molecule has 2 heterocycles. The molecule has 27 heavy (non-hydrogen) atoms. The van der Waals surface area contributed by atoms with Crippen molar-refractivity contribution in [1.29, 1.82) is 0 Å². The van der Waals surface area contributed by atoms with Crippen LogP contribution in [0.2, 0.25) is 0 Å². The fourth-order valence-corrected chi connectivity index (χ4v) is 4.44. The number of hydrogen-bond donors (Lipinski definition) is 2. The number of hydrogen-bond acceptors (Lipinski definition) is 4. The van der Waals surface area contributed by atoms with Crippen molar-refractivity contribution in [2.45, 2.75) is 70.7 Å². The average molecular weight is 438 g/mol. The van der Waals surface area contributed by atoms with E-state index >= 15 is 0 Å². The van der Waals surface area contributed by atoms with Crippen molar-refractivity contribution in [3.63, 3.8) is 0 Å². The van der Waals surface area contributed by atoms with E-state index in [1.807, 2.05) is 43.9 Å². The number of nitrogens with zero attached hydrogens (tertiary/aromatic N) is 1. The van der Waals surface area contributed by atoms with E-state index in [0.717, 1.165) is 22.9 Å². The summed E-state index contributed by atoms with van der Waals surface area (Å²) in [6, 6.07) is 5.84. The number of benzene rings is 1. The molecule has 3 N–H and O–H groups in total. The third-order valence-corrected chi connectivity index (χ3v) is 5.76. The van der Waals surface area contributed by atoms with E-state index in [0.29, 0.717) is 25.1 Å². The number of piperidine rings is 1. The highest BCUT2D eigenvalue weighted by Crippen LogP contribution is 2.39. The maximum Gasteiger partial charge on any atom is 0.410 e. The minimum atomic E-state index is -0.505. The van der Waals surface area contributed by atoms with Crippen molar-refractivity contribution < 1.29 is 14.3 Å². The second-order valence-corrected chi connectivity index (χ2v) is 9.42. The van der Waals surface area contributed by atoms with E-state index in [-0.39, 0.29) is 30.0 Å². The molecule has 0 aromatic heterocycles. The van der Waals surface area contributed by atoms with E-state index < -0.39 is 5.60 Å². The SMILES string of the molecule is CC(C)(C)OC(=O)N1C2CCC1CC(C(=O)NCc1ccc(Br)cc1N)C2. The number of nitrogens with two attached hydrogens (primary N) is 1. The van der Waals surface area contributed by atoms with Gasteiger partial charge in [-0.25, -0.2) is 4.79 Å². The summed E-state index contributed by atoms with van der Waals surface area (Å²) in [6.07, 6.45) is 3.01. The van der Waals surface area contributed by atoms with E-state index in [4.69, 9.17) is 10.5 Å². The molecule has 6 nitrogen and oxygen atoms in total. The van der Waals surface area contributed by atoms with Gasteiger partial charge < -0.3 is 20.7 Å². The summed E-state index contributed by atoms with van der Waals surface area (Å²) in [4.78, 5) is 27.1. The predicted octanol–water partition coefficient (Wildman–Crippen LogP) is 3.83. The van der Waals surface area contributed by atoms with Gasteiger partial charge in [-0.1, -0.05) is 22.0 Å². The zero-order valence-corrected chi connectivity index (χ0v) is 17.7. The van der Waals surface area contributed by atoms with Gasteiger partial charge in [0.2, 0.25) is 5.91 Å². The van der Waals surface area contributed by atoms with Crippen LogP contribution in [0, 0.1) is 5.92 Å². The number of anilines is 1. The number of carbonyl (C=O) groups excluding carboxylic acids is 2. The third kappa shape index (κ3) is 4.75. The average Bonchev–Trinajstić information content (AvgIpc) is 2.82. The first-order chi connectivity index (χ1) is 12.6. The Morgan fingerprint density at radius 3 is 2.44 bits per heavy atom. The molecule has 0 radical (unpaired) electrons. The maximum atomic E-state index is 12.7. The fourth-order valence-electron chi connectivity index (χ4n) is 4.06. The van der Waals surface area contributed by atoms with Gasteiger partial charge in [0.1, 0.15) is 5.60 Å². The molecule has 0 spiro atoms. The predicted molar refractivity (Wildman–Crippen MR) is 108 cm³/mol. The largest absolute Gasteiger partial charge is 0.444 e. The Balaban J connectivity index is 1.57. The highest BCUT2D eigenvalue weighted by Gasteiger charge is 2.46. The van der Waals surface area contributed by atoms with Gasteiger partial charge in [0.25, 0.3) is 0 Å². The van der Waals surface area contributed by atoms with Crippen LogP contribution in [0.5, 0.6) is 0 Å². The molecule has 2 unspecified atom stereocenters. The quantitative estimate of drug-likeness (QED) is 0.703. The minimum absolute atomic E-state index is 0.0399. The van der Waals surface area contributed by atoms with Crippen LogP contribution in [-0.4, -0.2) is 34.6 Å². The molecule has 2 atom stereocenters. The lowest BCUT2D eigenvalue weighted by molar-refractivity contribution is -0.127. The van der Waals surface area contributed by atoms with Gasteiger partial charge >= 0.3 is 6.09 Å². The summed E-state index contributed by atoms with van der Waals surface area (Å²) in [5.74, 6) is -0.0316. The molecule has 148 valence electrons. The first-order valence-electron chi connectivity index (χ1n) is 9.47. The Morgan fingerprint density at radius 2 is 1.89 bits per heavy atom. The highest BCUT2D eigenvalue weighted by molar-refractivity contribution is 9.10. The molecule has 7 heteroatoms. The maximum absolute atomic E-state index is 12.7. The van der Waals surface area contributed by atoms with Crippen molar-refractivity contribution in [1.82, 2.24) is 10.2 Å². The molecular formula is C20H28BrN3O3. The molecule has 2 aliphatic rings. The lowest BCUT2D eigenvalue weighted by Crippen LogP contribution is -2.50. The molecule has 2 aliphatic heterocycles. The normalized spacial score (nSPS) is 24.6. The highest BCUT2D eigenvalue weighted by atomic mass is 79.9. The van der Waals surface area contributed by atoms with Crippen LogP contribution < -0.4 is 11.1 Å². The van der Waals surface area contributed by atoms with Gasteiger partial charge in [-0.3, -0.25) is 4.79 Å². The smallest absolute Gasteiger partial charge is 0.410 e. The molecule has 1 aromatic rings. The number of nitrogens with one attached hydrogen (secondary N) is 1. The monoisotopic (exact) mass is 437 g/mol. The van der Waals surface area contributed by atoms with Crippen LogP contribution in [0.15, 0.2) is 22.7 Å². The number of fused-ring (bicyclic) bond motifs is 2. The second kappa shape index (κ2) is 7.70. The molecule has 2 bridgehead atoms. The summed E-state index contributed by atoms with van der Waals surface area (Å²) in [7, 11) is 0. The van der Waals surface area contributed by atoms with E-state index in [1.54, 1.807) is 0 Å². The Bertz CT molecular complexity index is 718.